The van der Waals surface area contributed by atoms with E-state index in [4.69, 9.17) is 20.9 Å². The fraction of sp³-hybridized carbons (Fsp3) is 1.00. The molecular formula is C16H33NO2PS+. The smallest absolute Gasteiger partial charge is 0.185 e. The van der Waals surface area contributed by atoms with Crippen molar-refractivity contribution in [1.82, 2.24) is 0 Å². The van der Waals surface area contributed by atoms with Crippen LogP contribution < -0.4 is 4.90 Å². The van der Waals surface area contributed by atoms with Gasteiger partial charge in [0.1, 0.15) is 0 Å². The van der Waals surface area contributed by atoms with E-state index < -0.39 is 6.49 Å². The van der Waals surface area contributed by atoms with Crippen LogP contribution in [0.1, 0.15) is 58.3 Å². The summed E-state index contributed by atoms with van der Waals surface area (Å²) in [5.41, 5.74) is 0. The molecule has 0 amide bonds. The summed E-state index contributed by atoms with van der Waals surface area (Å²) >= 11 is 5.57. The van der Waals surface area contributed by atoms with Crippen molar-refractivity contribution >= 4 is 18.3 Å². The van der Waals surface area contributed by atoms with Crippen molar-refractivity contribution in [2.45, 2.75) is 64.3 Å². The molecule has 2 aliphatic heterocycles. The van der Waals surface area contributed by atoms with E-state index in [1.54, 1.807) is 0 Å². The molecule has 21 heavy (non-hydrogen) atoms. The van der Waals surface area contributed by atoms with Crippen molar-refractivity contribution < 1.29 is 13.9 Å². The predicted molar refractivity (Wildman–Crippen MR) is 92.7 cm³/mol. The highest BCUT2D eigenvalue weighted by Crippen LogP contribution is 2.45. The van der Waals surface area contributed by atoms with E-state index in [0.29, 0.717) is 5.92 Å². The first-order valence-corrected chi connectivity index (χ1v) is 11.9. The lowest BCUT2D eigenvalue weighted by Gasteiger charge is -2.41. The molecule has 0 aromatic carbocycles. The van der Waals surface area contributed by atoms with Gasteiger partial charge in [0, 0.05) is 12.6 Å². The highest BCUT2D eigenvalue weighted by molar-refractivity contribution is 8.09. The fourth-order valence-corrected chi connectivity index (χ4v) is 5.23. The summed E-state index contributed by atoms with van der Waals surface area (Å²) in [6.45, 7) is 6.53. The van der Waals surface area contributed by atoms with E-state index in [2.05, 4.69) is 6.92 Å². The SMILES string of the molecule is CCCCCO[P@](C)(=S)OC[C@H]1CCC[NH+]2CCCC[C@H]12. The van der Waals surface area contributed by atoms with Gasteiger partial charge in [-0.3, -0.25) is 0 Å². The van der Waals surface area contributed by atoms with Gasteiger partial charge in [-0.05, 0) is 50.3 Å². The second kappa shape index (κ2) is 8.98. The zero-order chi connectivity index (χ0) is 15.1. The Bertz CT molecular complexity index is 351. The third kappa shape index (κ3) is 5.91. The normalized spacial score (nSPS) is 32.4. The van der Waals surface area contributed by atoms with Crippen molar-refractivity contribution in [2.75, 3.05) is 33.0 Å². The highest BCUT2D eigenvalue weighted by atomic mass is 32.5. The zero-order valence-electron chi connectivity index (χ0n) is 13.8. The summed E-state index contributed by atoms with van der Waals surface area (Å²) in [5, 5.41) is 0. The maximum atomic E-state index is 6.09. The molecule has 0 radical (unpaired) electrons. The molecule has 2 fully saturated rings. The first-order chi connectivity index (χ1) is 10.1. The lowest BCUT2D eigenvalue weighted by molar-refractivity contribution is -0.940. The number of unbranched alkanes of at least 4 members (excludes halogenated alkanes) is 2. The summed E-state index contributed by atoms with van der Waals surface area (Å²) in [5.74, 6) is 0.704. The molecule has 1 unspecified atom stereocenters. The monoisotopic (exact) mass is 334 g/mol. The molecule has 0 aromatic heterocycles. The molecule has 0 aliphatic carbocycles. The summed E-state index contributed by atoms with van der Waals surface area (Å²) < 4.78 is 11.9. The quantitative estimate of drug-likeness (QED) is 0.545. The van der Waals surface area contributed by atoms with Gasteiger partial charge in [0.05, 0.1) is 32.3 Å². The van der Waals surface area contributed by atoms with Gasteiger partial charge in [0.25, 0.3) is 0 Å². The standard InChI is InChI=1S/C16H32NO2PS/c1-3-4-7-13-18-20(2,21)19-14-15-9-8-12-17-11-6-5-10-16(15)17/h15-16H,3-14H2,1-2H3/p+1/t15-,16-,20+/m1/s1. The molecule has 2 rings (SSSR count). The molecule has 0 bridgehead atoms. The first kappa shape index (κ1) is 17.9. The maximum absolute atomic E-state index is 6.09. The summed E-state index contributed by atoms with van der Waals surface area (Å²) in [6, 6.07) is 0.822. The second-order valence-electron chi connectivity index (χ2n) is 6.77. The topological polar surface area (TPSA) is 22.9 Å². The zero-order valence-corrected chi connectivity index (χ0v) is 15.5. The Morgan fingerprint density at radius 2 is 1.90 bits per heavy atom. The summed E-state index contributed by atoms with van der Waals surface area (Å²) in [4.78, 5) is 1.83. The highest BCUT2D eigenvalue weighted by Gasteiger charge is 2.37. The van der Waals surface area contributed by atoms with Crippen LogP contribution in [0.4, 0.5) is 0 Å². The van der Waals surface area contributed by atoms with Gasteiger partial charge in [0.15, 0.2) is 6.49 Å². The van der Waals surface area contributed by atoms with Crippen molar-refractivity contribution in [3.8, 4) is 0 Å². The Morgan fingerprint density at radius 1 is 1.10 bits per heavy atom. The van der Waals surface area contributed by atoms with E-state index in [-0.39, 0.29) is 0 Å². The van der Waals surface area contributed by atoms with Crippen molar-refractivity contribution in [3.63, 3.8) is 0 Å². The Morgan fingerprint density at radius 3 is 2.71 bits per heavy atom. The number of quaternary nitrogens is 1. The van der Waals surface area contributed by atoms with Crippen LogP contribution in [0.3, 0.4) is 0 Å². The van der Waals surface area contributed by atoms with Gasteiger partial charge in [0.2, 0.25) is 0 Å². The third-order valence-corrected chi connectivity index (χ3v) is 6.93. The molecule has 3 nitrogen and oxygen atoms in total. The first-order valence-electron chi connectivity index (χ1n) is 8.83. The molecule has 4 atom stereocenters. The lowest BCUT2D eigenvalue weighted by Crippen LogP contribution is -3.18. The average molecular weight is 334 g/mol. The van der Waals surface area contributed by atoms with Gasteiger partial charge in [-0.25, -0.2) is 0 Å². The molecule has 2 aliphatic rings. The number of piperidine rings is 2. The molecule has 2 saturated heterocycles. The van der Waals surface area contributed by atoms with Crippen LogP contribution in [0, 0.1) is 5.92 Å². The fourth-order valence-electron chi connectivity index (χ4n) is 3.83. The third-order valence-electron chi connectivity index (χ3n) is 5.03. The predicted octanol–water partition coefficient (Wildman–Crippen LogP) is 3.00. The lowest BCUT2D eigenvalue weighted by atomic mass is 9.84. The van der Waals surface area contributed by atoms with Crippen LogP contribution in [0.5, 0.6) is 0 Å². The molecule has 1 N–H and O–H groups in total. The van der Waals surface area contributed by atoms with Gasteiger partial charge in [-0.15, -0.1) is 0 Å². The maximum Gasteiger partial charge on any atom is 0.185 e. The Balaban J connectivity index is 1.74. The Hall–Kier alpha value is 0.530. The molecule has 2 heterocycles. The van der Waals surface area contributed by atoms with Crippen molar-refractivity contribution in [3.05, 3.63) is 0 Å². The van der Waals surface area contributed by atoms with Gasteiger partial charge < -0.3 is 13.9 Å². The van der Waals surface area contributed by atoms with Crippen LogP contribution in [-0.2, 0) is 20.9 Å². The van der Waals surface area contributed by atoms with Crippen LogP contribution >= 0.6 is 6.49 Å². The van der Waals surface area contributed by atoms with Crippen LogP contribution in [-0.4, -0.2) is 39.0 Å². The largest absolute Gasteiger partial charge is 0.332 e. The number of rotatable bonds is 8. The van der Waals surface area contributed by atoms with Gasteiger partial charge in [-0.2, -0.15) is 0 Å². The van der Waals surface area contributed by atoms with E-state index in [0.717, 1.165) is 25.7 Å². The van der Waals surface area contributed by atoms with Crippen molar-refractivity contribution in [2.24, 2.45) is 5.92 Å². The molecule has 5 heteroatoms. The van der Waals surface area contributed by atoms with E-state index in [1.165, 1.54) is 58.0 Å². The van der Waals surface area contributed by atoms with Gasteiger partial charge >= 0.3 is 0 Å². The Labute approximate surface area is 135 Å². The van der Waals surface area contributed by atoms with Gasteiger partial charge in [-0.1, -0.05) is 19.8 Å². The minimum absolute atomic E-state index is 0.704. The number of hydrogen-bond acceptors (Lipinski definition) is 3. The minimum atomic E-state index is -2.02. The van der Waals surface area contributed by atoms with Crippen LogP contribution in [0.2, 0.25) is 0 Å². The molecule has 0 spiro atoms. The minimum Gasteiger partial charge on any atom is -0.332 e. The van der Waals surface area contributed by atoms with Crippen LogP contribution in [0.15, 0.2) is 0 Å². The van der Waals surface area contributed by atoms with E-state index in [9.17, 15) is 0 Å². The number of fused-ring (bicyclic) bond motifs is 1. The summed E-state index contributed by atoms with van der Waals surface area (Å²) in [7, 11) is 0. The average Bonchev–Trinajstić information content (AvgIpc) is 2.50. The molecule has 0 aromatic rings. The van der Waals surface area contributed by atoms with Crippen LogP contribution in [0.25, 0.3) is 0 Å². The van der Waals surface area contributed by atoms with Crippen molar-refractivity contribution in [1.29, 1.82) is 0 Å². The number of nitrogens with one attached hydrogen (secondary N) is 1. The van der Waals surface area contributed by atoms with E-state index >= 15 is 0 Å². The van der Waals surface area contributed by atoms with E-state index in [1.807, 2.05) is 11.6 Å². The summed E-state index contributed by atoms with van der Waals surface area (Å²) in [6.07, 6.45) is 10.4. The second-order valence-corrected chi connectivity index (χ2v) is 10.8. The molecule has 124 valence electrons. The number of hydrogen-bond donors (Lipinski definition) is 1. The molecule has 0 saturated carbocycles. The Kier molecular flexibility index (Phi) is 7.64. The molecular weight excluding hydrogens is 301 g/mol.